The van der Waals surface area contributed by atoms with Crippen molar-refractivity contribution in [2.75, 3.05) is 13.2 Å². The normalized spacial score (nSPS) is 22.9. The molecule has 1 aliphatic rings. The number of hydrogen-bond donors (Lipinski definition) is 0. The van der Waals surface area contributed by atoms with Crippen LogP contribution in [0.25, 0.3) is 0 Å². The Morgan fingerprint density at radius 3 is 2.70 bits per heavy atom. The number of rotatable bonds is 3. The van der Waals surface area contributed by atoms with E-state index in [1.165, 1.54) is 0 Å². The predicted molar refractivity (Wildman–Crippen MR) is 39.7 cm³/mol. The van der Waals surface area contributed by atoms with Gasteiger partial charge in [-0.2, -0.15) is 0 Å². The smallest absolute Gasteiger partial charge is 0.160 e. The summed E-state index contributed by atoms with van der Waals surface area (Å²) in [6, 6.07) is 0. The van der Waals surface area contributed by atoms with Crippen molar-refractivity contribution in [3.63, 3.8) is 0 Å². The van der Waals surface area contributed by atoms with E-state index in [2.05, 4.69) is 13.5 Å². The van der Waals surface area contributed by atoms with Gasteiger partial charge < -0.3 is 9.47 Å². The van der Waals surface area contributed by atoms with E-state index in [0.29, 0.717) is 5.92 Å². The summed E-state index contributed by atoms with van der Waals surface area (Å²) in [6.07, 6.45) is 2.87. The van der Waals surface area contributed by atoms with Crippen LogP contribution in [0.4, 0.5) is 0 Å². The molecule has 0 N–H and O–H groups in total. The van der Waals surface area contributed by atoms with Gasteiger partial charge in [-0.1, -0.05) is 13.0 Å². The molecule has 1 unspecified atom stereocenters. The molecule has 0 radical (unpaired) electrons. The third-order valence-corrected chi connectivity index (χ3v) is 1.65. The fourth-order valence-electron chi connectivity index (χ4n) is 1.08. The van der Waals surface area contributed by atoms with Crippen molar-refractivity contribution in [3.05, 3.63) is 12.7 Å². The van der Waals surface area contributed by atoms with E-state index in [-0.39, 0.29) is 6.29 Å². The first-order chi connectivity index (χ1) is 4.84. The SMILES string of the molecule is C=CCC(C)C1OCCO1. The van der Waals surface area contributed by atoms with Crippen LogP contribution in [0.3, 0.4) is 0 Å². The second-order valence-corrected chi connectivity index (χ2v) is 2.61. The molecule has 0 aromatic carbocycles. The van der Waals surface area contributed by atoms with Gasteiger partial charge in [-0.3, -0.25) is 0 Å². The molecule has 1 saturated heterocycles. The van der Waals surface area contributed by atoms with E-state index in [0.717, 1.165) is 19.6 Å². The Labute approximate surface area is 61.8 Å². The summed E-state index contributed by atoms with van der Waals surface area (Å²) in [5.74, 6) is 0.444. The number of allylic oxidation sites excluding steroid dienone is 1. The summed E-state index contributed by atoms with van der Waals surface area (Å²) >= 11 is 0. The minimum Gasteiger partial charge on any atom is -0.350 e. The van der Waals surface area contributed by atoms with Gasteiger partial charge in [0.05, 0.1) is 13.2 Å². The molecule has 58 valence electrons. The minimum atomic E-state index is 0.0120. The number of ether oxygens (including phenoxy) is 2. The van der Waals surface area contributed by atoms with Crippen LogP contribution in [0.15, 0.2) is 12.7 Å². The van der Waals surface area contributed by atoms with Gasteiger partial charge in [0, 0.05) is 5.92 Å². The van der Waals surface area contributed by atoms with E-state index in [1.54, 1.807) is 0 Å². The molecule has 1 heterocycles. The van der Waals surface area contributed by atoms with E-state index >= 15 is 0 Å². The van der Waals surface area contributed by atoms with Crippen molar-refractivity contribution in [3.8, 4) is 0 Å². The van der Waals surface area contributed by atoms with Gasteiger partial charge in [-0.25, -0.2) is 0 Å². The number of hydrogen-bond acceptors (Lipinski definition) is 2. The van der Waals surface area contributed by atoms with Crippen molar-refractivity contribution < 1.29 is 9.47 Å². The molecule has 0 saturated carbocycles. The molecule has 0 aromatic rings. The van der Waals surface area contributed by atoms with Crippen molar-refractivity contribution in [2.24, 2.45) is 5.92 Å². The van der Waals surface area contributed by atoms with Crippen molar-refractivity contribution in [1.29, 1.82) is 0 Å². The maximum atomic E-state index is 5.30. The molecule has 0 amide bonds. The standard InChI is InChI=1S/C8H14O2/c1-3-4-7(2)8-9-5-6-10-8/h3,7-8H,1,4-6H2,2H3. The Hall–Kier alpha value is -0.340. The summed E-state index contributed by atoms with van der Waals surface area (Å²) < 4.78 is 10.6. The molecule has 2 nitrogen and oxygen atoms in total. The lowest BCUT2D eigenvalue weighted by Gasteiger charge is -2.15. The summed E-state index contributed by atoms with van der Waals surface area (Å²) in [5, 5.41) is 0. The molecule has 0 bridgehead atoms. The van der Waals surface area contributed by atoms with Gasteiger partial charge in [-0.05, 0) is 6.42 Å². The lowest BCUT2D eigenvalue weighted by atomic mass is 10.1. The van der Waals surface area contributed by atoms with Crippen LogP contribution < -0.4 is 0 Å². The Kier molecular flexibility index (Phi) is 2.90. The zero-order valence-corrected chi connectivity index (χ0v) is 6.38. The molecule has 1 fully saturated rings. The van der Waals surface area contributed by atoms with E-state index < -0.39 is 0 Å². The van der Waals surface area contributed by atoms with Crippen LogP contribution in [0, 0.1) is 5.92 Å². The monoisotopic (exact) mass is 142 g/mol. The highest BCUT2D eigenvalue weighted by Crippen LogP contribution is 2.17. The zero-order valence-electron chi connectivity index (χ0n) is 6.38. The molecule has 1 atom stereocenters. The topological polar surface area (TPSA) is 18.5 Å². The maximum Gasteiger partial charge on any atom is 0.160 e. The molecule has 1 aliphatic heterocycles. The van der Waals surface area contributed by atoms with Crippen molar-refractivity contribution in [2.45, 2.75) is 19.6 Å². The van der Waals surface area contributed by atoms with Crippen LogP contribution in [0.5, 0.6) is 0 Å². The Bertz CT molecular complexity index is 106. The highest BCUT2D eigenvalue weighted by molar-refractivity contribution is 4.73. The fraction of sp³-hybridized carbons (Fsp3) is 0.750. The average Bonchev–Trinajstić information content (AvgIpc) is 2.38. The van der Waals surface area contributed by atoms with Crippen LogP contribution in [0.2, 0.25) is 0 Å². The summed E-state index contributed by atoms with van der Waals surface area (Å²) in [4.78, 5) is 0. The fourth-order valence-corrected chi connectivity index (χ4v) is 1.08. The lowest BCUT2D eigenvalue weighted by molar-refractivity contribution is -0.0773. The molecule has 10 heavy (non-hydrogen) atoms. The lowest BCUT2D eigenvalue weighted by Crippen LogP contribution is -2.17. The van der Waals surface area contributed by atoms with Gasteiger partial charge in [-0.15, -0.1) is 6.58 Å². The molecular weight excluding hydrogens is 128 g/mol. The first kappa shape index (κ1) is 7.76. The van der Waals surface area contributed by atoms with Crippen LogP contribution >= 0.6 is 0 Å². The third-order valence-electron chi connectivity index (χ3n) is 1.65. The predicted octanol–water partition coefficient (Wildman–Crippen LogP) is 1.57. The Morgan fingerprint density at radius 1 is 1.60 bits per heavy atom. The first-order valence-corrected chi connectivity index (χ1v) is 3.68. The first-order valence-electron chi connectivity index (χ1n) is 3.68. The minimum absolute atomic E-state index is 0.0120. The highest BCUT2D eigenvalue weighted by atomic mass is 16.7. The van der Waals surface area contributed by atoms with Crippen molar-refractivity contribution >= 4 is 0 Å². The molecule has 1 rings (SSSR count). The van der Waals surface area contributed by atoms with Gasteiger partial charge in [0.1, 0.15) is 0 Å². The van der Waals surface area contributed by atoms with Gasteiger partial charge in [0.25, 0.3) is 0 Å². The van der Waals surface area contributed by atoms with Crippen LogP contribution in [0.1, 0.15) is 13.3 Å². The molecule has 2 heteroatoms. The Balaban J connectivity index is 2.24. The van der Waals surface area contributed by atoms with Crippen molar-refractivity contribution in [1.82, 2.24) is 0 Å². The van der Waals surface area contributed by atoms with E-state index in [4.69, 9.17) is 9.47 Å². The van der Waals surface area contributed by atoms with Gasteiger partial charge >= 0.3 is 0 Å². The Morgan fingerprint density at radius 2 is 2.20 bits per heavy atom. The zero-order chi connectivity index (χ0) is 7.40. The van der Waals surface area contributed by atoms with Crippen LogP contribution in [-0.4, -0.2) is 19.5 Å². The second-order valence-electron chi connectivity index (χ2n) is 2.61. The van der Waals surface area contributed by atoms with Crippen LogP contribution in [-0.2, 0) is 9.47 Å². The van der Waals surface area contributed by atoms with E-state index in [1.807, 2.05) is 6.08 Å². The largest absolute Gasteiger partial charge is 0.350 e. The van der Waals surface area contributed by atoms with Gasteiger partial charge in [0.15, 0.2) is 6.29 Å². The summed E-state index contributed by atoms with van der Waals surface area (Å²) in [6.45, 7) is 7.25. The quantitative estimate of drug-likeness (QED) is 0.557. The highest BCUT2D eigenvalue weighted by Gasteiger charge is 2.21. The summed E-state index contributed by atoms with van der Waals surface area (Å²) in [5.41, 5.74) is 0. The average molecular weight is 142 g/mol. The molecule has 0 aliphatic carbocycles. The van der Waals surface area contributed by atoms with E-state index in [9.17, 15) is 0 Å². The maximum absolute atomic E-state index is 5.30. The van der Waals surface area contributed by atoms with Gasteiger partial charge in [0.2, 0.25) is 0 Å². The molecule has 0 aromatic heterocycles. The third kappa shape index (κ3) is 1.82. The second kappa shape index (κ2) is 3.74. The summed E-state index contributed by atoms with van der Waals surface area (Å²) in [7, 11) is 0. The molecule has 0 spiro atoms. The molecular formula is C8H14O2.